The van der Waals surface area contributed by atoms with Crippen LogP contribution >= 0.6 is 0 Å². The molecule has 4 N–H and O–H groups in total. The van der Waals surface area contributed by atoms with E-state index in [1.165, 1.54) is 12.1 Å². The third kappa shape index (κ3) is 2.08. The van der Waals surface area contributed by atoms with Crippen molar-refractivity contribution in [2.24, 2.45) is 5.73 Å². The van der Waals surface area contributed by atoms with Crippen molar-refractivity contribution < 1.29 is 4.39 Å². The standard InChI is InChI=1S/C15H12FN3/c16-12-5-3-9(4-6-12)13-7-10-1-2-11(15(17)18)8-14(10)19-13/h1-8,19H,(H3,17,18). The molecular weight excluding hydrogens is 241 g/mol. The molecule has 0 spiro atoms. The summed E-state index contributed by atoms with van der Waals surface area (Å²) < 4.78 is 12.9. The summed E-state index contributed by atoms with van der Waals surface area (Å²) in [7, 11) is 0. The summed E-state index contributed by atoms with van der Waals surface area (Å²) in [6, 6.07) is 13.9. The van der Waals surface area contributed by atoms with Crippen molar-refractivity contribution in [3.05, 3.63) is 59.9 Å². The van der Waals surface area contributed by atoms with Crippen LogP contribution < -0.4 is 5.73 Å². The van der Waals surface area contributed by atoms with Gasteiger partial charge in [0.1, 0.15) is 11.7 Å². The minimum Gasteiger partial charge on any atom is -0.384 e. The summed E-state index contributed by atoms with van der Waals surface area (Å²) in [5.74, 6) is -0.210. The van der Waals surface area contributed by atoms with Crippen LogP contribution in [-0.4, -0.2) is 10.8 Å². The van der Waals surface area contributed by atoms with Crippen LogP contribution in [0.1, 0.15) is 5.56 Å². The van der Waals surface area contributed by atoms with Gasteiger partial charge in [-0.3, -0.25) is 5.41 Å². The molecule has 0 radical (unpaired) electrons. The van der Waals surface area contributed by atoms with Crippen LogP contribution in [0.3, 0.4) is 0 Å². The minimum absolute atomic E-state index is 0.0415. The van der Waals surface area contributed by atoms with Gasteiger partial charge < -0.3 is 10.7 Å². The molecule has 3 rings (SSSR count). The highest BCUT2D eigenvalue weighted by molar-refractivity contribution is 5.99. The first-order chi connectivity index (χ1) is 9.13. The number of benzene rings is 2. The summed E-state index contributed by atoms with van der Waals surface area (Å²) in [4.78, 5) is 3.25. The second-order valence-electron chi connectivity index (χ2n) is 4.41. The minimum atomic E-state index is -0.251. The summed E-state index contributed by atoms with van der Waals surface area (Å²) >= 11 is 0. The molecule has 0 saturated heterocycles. The molecule has 0 atom stereocenters. The number of halogens is 1. The van der Waals surface area contributed by atoms with Gasteiger partial charge >= 0.3 is 0 Å². The van der Waals surface area contributed by atoms with Crippen molar-refractivity contribution in [3.8, 4) is 11.3 Å². The Morgan fingerprint density at radius 1 is 1.05 bits per heavy atom. The van der Waals surface area contributed by atoms with E-state index in [0.717, 1.165) is 22.2 Å². The van der Waals surface area contributed by atoms with Gasteiger partial charge in [-0.05, 0) is 42.0 Å². The number of hydrogen-bond donors (Lipinski definition) is 3. The van der Waals surface area contributed by atoms with Crippen molar-refractivity contribution in [2.75, 3.05) is 0 Å². The number of nitrogens with one attached hydrogen (secondary N) is 2. The topological polar surface area (TPSA) is 65.7 Å². The lowest BCUT2D eigenvalue weighted by molar-refractivity contribution is 0.628. The van der Waals surface area contributed by atoms with E-state index in [9.17, 15) is 4.39 Å². The van der Waals surface area contributed by atoms with Gasteiger partial charge in [-0.15, -0.1) is 0 Å². The zero-order chi connectivity index (χ0) is 13.4. The Morgan fingerprint density at radius 2 is 1.79 bits per heavy atom. The molecule has 0 saturated carbocycles. The van der Waals surface area contributed by atoms with Crippen LogP contribution in [0.15, 0.2) is 48.5 Å². The van der Waals surface area contributed by atoms with Crippen molar-refractivity contribution in [2.45, 2.75) is 0 Å². The number of H-pyrrole nitrogens is 1. The van der Waals surface area contributed by atoms with Gasteiger partial charge in [0.15, 0.2) is 0 Å². The Morgan fingerprint density at radius 3 is 2.47 bits per heavy atom. The quantitative estimate of drug-likeness (QED) is 0.476. The Hall–Kier alpha value is -2.62. The monoisotopic (exact) mass is 253 g/mol. The van der Waals surface area contributed by atoms with E-state index < -0.39 is 0 Å². The summed E-state index contributed by atoms with van der Waals surface area (Å²) in [6.07, 6.45) is 0. The smallest absolute Gasteiger partial charge is 0.123 e. The van der Waals surface area contributed by atoms with Crippen LogP contribution in [0.2, 0.25) is 0 Å². The fraction of sp³-hybridized carbons (Fsp3) is 0. The van der Waals surface area contributed by atoms with Crippen molar-refractivity contribution in [3.63, 3.8) is 0 Å². The highest BCUT2D eigenvalue weighted by atomic mass is 19.1. The largest absolute Gasteiger partial charge is 0.384 e. The zero-order valence-corrected chi connectivity index (χ0v) is 10.1. The van der Waals surface area contributed by atoms with Crippen LogP contribution in [-0.2, 0) is 0 Å². The average molecular weight is 253 g/mol. The first kappa shape index (κ1) is 11.5. The highest BCUT2D eigenvalue weighted by Gasteiger charge is 2.05. The number of nitrogen functional groups attached to an aromatic ring is 1. The van der Waals surface area contributed by atoms with Gasteiger partial charge in [0, 0.05) is 22.2 Å². The van der Waals surface area contributed by atoms with Crippen LogP contribution in [0.4, 0.5) is 4.39 Å². The maximum atomic E-state index is 12.9. The summed E-state index contributed by atoms with van der Waals surface area (Å²) in [5.41, 5.74) is 8.89. The second-order valence-corrected chi connectivity index (χ2v) is 4.41. The third-order valence-electron chi connectivity index (χ3n) is 3.09. The van der Waals surface area contributed by atoms with Gasteiger partial charge in [-0.1, -0.05) is 12.1 Å². The SMILES string of the molecule is N=C(N)c1ccc2cc(-c3ccc(F)cc3)[nH]c2c1. The number of aromatic amines is 1. The molecule has 0 fully saturated rings. The van der Waals surface area contributed by atoms with E-state index in [-0.39, 0.29) is 11.7 Å². The third-order valence-corrected chi connectivity index (χ3v) is 3.09. The van der Waals surface area contributed by atoms with Crippen molar-refractivity contribution >= 4 is 16.7 Å². The molecule has 3 aromatic rings. The van der Waals surface area contributed by atoms with E-state index >= 15 is 0 Å². The van der Waals surface area contributed by atoms with Crippen molar-refractivity contribution in [1.29, 1.82) is 5.41 Å². The fourth-order valence-corrected chi connectivity index (χ4v) is 2.08. The molecule has 0 aliphatic rings. The van der Waals surface area contributed by atoms with Gasteiger partial charge in [-0.2, -0.15) is 0 Å². The van der Waals surface area contributed by atoms with Crippen molar-refractivity contribution in [1.82, 2.24) is 4.98 Å². The number of hydrogen-bond acceptors (Lipinski definition) is 1. The Labute approximate surface area is 109 Å². The van der Waals surface area contributed by atoms with Gasteiger partial charge in [0.05, 0.1) is 0 Å². The number of fused-ring (bicyclic) bond motifs is 1. The van der Waals surface area contributed by atoms with E-state index in [2.05, 4.69) is 4.98 Å². The number of amidine groups is 1. The molecule has 4 heteroatoms. The average Bonchev–Trinajstić information content (AvgIpc) is 2.82. The Balaban J connectivity index is 2.11. The zero-order valence-electron chi connectivity index (χ0n) is 10.1. The molecule has 0 bridgehead atoms. The molecule has 2 aromatic carbocycles. The van der Waals surface area contributed by atoms with Crippen LogP contribution in [0.25, 0.3) is 22.2 Å². The number of rotatable bonds is 2. The Bertz CT molecular complexity index is 757. The van der Waals surface area contributed by atoms with E-state index in [4.69, 9.17) is 11.1 Å². The van der Waals surface area contributed by atoms with E-state index in [1.807, 2.05) is 24.3 Å². The molecule has 3 nitrogen and oxygen atoms in total. The van der Waals surface area contributed by atoms with E-state index in [1.54, 1.807) is 12.1 Å². The van der Waals surface area contributed by atoms with E-state index in [0.29, 0.717) is 5.56 Å². The normalized spacial score (nSPS) is 10.8. The molecule has 0 unspecified atom stereocenters. The lowest BCUT2D eigenvalue weighted by Gasteiger charge is -1.97. The van der Waals surface area contributed by atoms with Gasteiger partial charge in [0.2, 0.25) is 0 Å². The molecule has 0 amide bonds. The van der Waals surface area contributed by atoms with Gasteiger partial charge in [0.25, 0.3) is 0 Å². The highest BCUT2D eigenvalue weighted by Crippen LogP contribution is 2.25. The first-order valence-corrected chi connectivity index (χ1v) is 5.86. The van der Waals surface area contributed by atoms with Crippen LogP contribution in [0, 0.1) is 11.2 Å². The lowest BCUT2D eigenvalue weighted by atomic mass is 10.1. The Kier molecular flexibility index (Phi) is 2.56. The number of nitrogens with two attached hydrogens (primary N) is 1. The lowest BCUT2D eigenvalue weighted by Crippen LogP contribution is -2.10. The van der Waals surface area contributed by atoms with Crippen LogP contribution in [0.5, 0.6) is 0 Å². The molecule has 1 heterocycles. The molecular formula is C15H12FN3. The fourth-order valence-electron chi connectivity index (χ4n) is 2.08. The molecule has 0 aliphatic carbocycles. The number of aromatic nitrogens is 1. The summed E-state index contributed by atoms with van der Waals surface area (Å²) in [6.45, 7) is 0. The van der Waals surface area contributed by atoms with Gasteiger partial charge in [-0.25, -0.2) is 4.39 Å². The predicted molar refractivity (Wildman–Crippen MR) is 74.7 cm³/mol. The predicted octanol–water partition coefficient (Wildman–Crippen LogP) is 3.26. The molecule has 1 aromatic heterocycles. The first-order valence-electron chi connectivity index (χ1n) is 5.86. The molecule has 0 aliphatic heterocycles. The maximum absolute atomic E-state index is 12.9. The molecule has 19 heavy (non-hydrogen) atoms. The summed E-state index contributed by atoms with van der Waals surface area (Å²) in [5, 5.41) is 8.46. The second kappa shape index (κ2) is 4.24. The molecule has 94 valence electrons. The maximum Gasteiger partial charge on any atom is 0.123 e.